The first kappa shape index (κ1) is 17.5. The van der Waals surface area contributed by atoms with Crippen molar-refractivity contribution < 1.29 is 15.0 Å². The van der Waals surface area contributed by atoms with Gasteiger partial charge in [0.15, 0.2) is 0 Å². The van der Waals surface area contributed by atoms with Gasteiger partial charge in [-0.3, -0.25) is 4.90 Å². The van der Waals surface area contributed by atoms with Crippen molar-refractivity contribution in [3.05, 3.63) is 33.4 Å². The monoisotopic (exact) mass is 417 g/mol. The Morgan fingerprint density at radius 3 is 2.55 bits per heavy atom. The Kier molecular flexibility index (Phi) is 6.95. The molecule has 1 saturated carbocycles. The normalized spacial score (nSPS) is 17.2. The molecule has 1 aromatic rings. The van der Waals surface area contributed by atoms with Crippen molar-refractivity contribution in [1.29, 1.82) is 0 Å². The summed E-state index contributed by atoms with van der Waals surface area (Å²) < 4.78 is 1.09. The van der Waals surface area contributed by atoms with E-state index in [4.69, 9.17) is 0 Å². The van der Waals surface area contributed by atoms with Crippen LogP contribution in [0.5, 0.6) is 0 Å². The predicted molar refractivity (Wildman–Crippen MR) is 95.0 cm³/mol. The highest BCUT2D eigenvalue weighted by atomic mass is 127. The van der Waals surface area contributed by atoms with E-state index in [1.807, 2.05) is 24.3 Å². The molecule has 5 heteroatoms. The van der Waals surface area contributed by atoms with E-state index >= 15 is 0 Å². The summed E-state index contributed by atoms with van der Waals surface area (Å²) in [7, 11) is 0. The zero-order valence-electron chi connectivity index (χ0n) is 12.7. The molecule has 0 unspecified atom stereocenters. The van der Waals surface area contributed by atoms with Crippen LogP contribution in [0.1, 0.15) is 56.6 Å². The number of carboxylic acid groups (broad SMARTS) is 1. The molecular weight excluding hydrogens is 393 g/mol. The standard InChI is InChI=1S/C17H24INO3/c18-15-10-5-4-9-14(15)16(11-6-12-20)19(17(21)22)13-7-2-1-3-8-13/h4-5,9-10,13,16,20H,1-3,6-8,11-12H2,(H,21,22)/t16-/m0/s1. The van der Waals surface area contributed by atoms with E-state index in [2.05, 4.69) is 22.6 Å². The van der Waals surface area contributed by atoms with Crippen molar-refractivity contribution in [2.45, 2.75) is 57.0 Å². The molecule has 4 nitrogen and oxygen atoms in total. The number of hydrogen-bond donors (Lipinski definition) is 2. The number of aliphatic hydroxyl groups excluding tert-OH is 1. The molecule has 0 bridgehead atoms. The number of hydrogen-bond acceptors (Lipinski definition) is 2. The van der Waals surface area contributed by atoms with E-state index in [-0.39, 0.29) is 18.7 Å². The Labute approximate surface area is 145 Å². The third-order valence-corrected chi connectivity index (χ3v) is 5.41. The number of carbonyl (C=O) groups is 1. The van der Waals surface area contributed by atoms with E-state index in [9.17, 15) is 15.0 Å². The van der Waals surface area contributed by atoms with Gasteiger partial charge in [0.25, 0.3) is 0 Å². The lowest BCUT2D eigenvalue weighted by Crippen LogP contribution is -2.43. The quantitative estimate of drug-likeness (QED) is 0.674. The van der Waals surface area contributed by atoms with Gasteiger partial charge in [0.2, 0.25) is 0 Å². The molecule has 0 spiro atoms. The Balaban J connectivity index is 2.31. The lowest BCUT2D eigenvalue weighted by atomic mass is 9.91. The summed E-state index contributed by atoms with van der Waals surface area (Å²) in [6, 6.07) is 7.90. The third-order valence-electron chi connectivity index (χ3n) is 4.42. The molecule has 1 amide bonds. The van der Waals surface area contributed by atoms with Gasteiger partial charge in [0.05, 0.1) is 6.04 Å². The fourth-order valence-corrected chi connectivity index (χ4v) is 4.12. The molecule has 1 aliphatic rings. The number of amides is 1. The predicted octanol–water partition coefficient (Wildman–Crippen LogP) is 4.42. The van der Waals surface area contributed by atoms with Crippen LogP contribution in [0.25, 0.3) is 0 Å². The minimum Gasteiger partial charge on any atom is -0.465 e. The molecule has 0 radical (unpaired) electrons. The first-order chi connectivity index (χ1) is 10.6. The fraction of sp³-hybridized carbons (Fsp3) is 0.588. The van der Waals surface area contributed by atoms with Gasteiger partial charge in [0, 0.05) is 16.2 Å². The lowest BCUT2D eigenvalue weighted by molar-refractivity contribution is 0.0772. The Morgan fingerprint density at radius 2 is 1.95 bits per heavy atom. The number of aliphatic hydroxyl groups is 1. The second-order valence-electron chi connectivity index (χ2n) is 5.88. The summed E-state index contributed by atoms with van der Waals surface area (Å²) >= 11 is 2.27. The fourth-order valence-electron chi connectivity index (χ4n) is 3.38. The summed E-state index contributed by atoms with van der Waals surface area (Å²) in [5.41, 5.74) is 1.06. The topological polar surface area (TPSA) is 60.8 Å². The van der Waals surface area contributed by atoms with Crippen molar-refractivity contribution >= 4 is 28.7 Å². The molecular formula is C17H24INO3. The highest BCUT2D eigenvalue weighted by Crippen LogP contribution is 2.35. The molecule has 122 valence electrons. The Morgan fingerprint density at radius 1 is 1.27 bits per heavy atom. The smallest absolute Gasteiger partial charge is 0.408 e. The summed E-state index contributed by atoms with van der Waals surface area (Å²) in [6.07, 6.45) is 5.76. The van der Waals surface area contributed by atoms with Crippen molar-refractivity contribution in [2.75, 3.05) is 6.61 Å². The Bertz CT molecular complexity index is 489. The molecule has 2 N–H and O–H groups in total. The van der Waals surface area contributed by atoms with Crippen LogP contribution in [0.4, 0.5) is 4.79 Å². The van der Waals surface area contributed by atoms with E-state index in [0.717, 1.165) is 34.8 Å². The lowest BCUT2D eigenvalue weighted by Gasteiger charge is -2.38. The van der Waals surface area contributed by atoms with Gasteiger partial charge in [-0.05, 0) is 59.9 Å². The average Bonchev–Trinajstić information content (AvgIpc) is 2.52. The van der Waals surface area contributed by atoms with E-state index in [1.54, 1.807) is 4.90 Å². The number of benzene rings is 1. The van der Waals surface area contributed by atoms with Crippen LogP contribution in [0.2, 0.25) is 0 Å². The van der Waals surface area contributed by atoms with Gasteiger partial charge in [-0.1, -0.05) is 37.5 Å². The van der Waals surface area contributed by atoms with Crippen LogP contribution in [-0.4, -0.2) is 33.9 Å². The minimum absolute atomic E-state index is 0.0953. The second kappa shape index (κ2) is 8.72. The van der Waals surface area contributed by atoms with Crippen molar-refractivity contribution in [3.63, 3.8) is 0 Å². The van der Waals surface area contributed by atoms with Crippen LogP contribution >= 0.6 is 22.6 Å². The second-order valence-corrected chi connectivity index (χ2v) is 7.05. The maximum atomic E-state index is 11.9. The largest absolute Gasteiger partial charge is 0.465 e. The molecule has 0 aromatic heterocycles. The third kappa shape index (κ3) is 4.35. The van der Waals surface area contributed by atoms with Gasteiger partial charge in [-0.25, -0.2) is 4.79 Å². The summed E-state index contributed by atoms with van der Waals surface area (Å²) in [6.45, 7) is 0.0953. The minimum atomic E-state index is -0.838. The molecule has 22 heavy (non-hydrogen) atoms. The summed E-state index contributed by atoms with van der Waals surface area (Å²) in [5, 5.41) is 19.0. The summed E-state index contributed by atoms with van der Waals surface area (Å²) in [4.78, 5) is 13.6. The van der Waals surface area contributed by atoms with Gasteiger partial charge in [0.1, 0.15) is 0 Å². The highest BCUT2D eigenvalue weighted by molar-refractivity contribution is 14.1. The first-order valence-electron chi connectivity index (χ1n) is 8.01. The Hall–Kier alpha value is -0.820. The van der Waals surface area contributed by atoms with E-state index < -0.39 is 6.09 Å². The zero-order chi connectivity index (χ0) is 15.9. The zero-order valence-corrected chi connectivity index (χ0v) is 14.9. The molecule has 1 aromatic carbocycles. The van der Waals surface area contributed by atoms with E-state index in [0.29, 0.717) is 12.8 Å². The van der Waals surface area contributed by atoms with Gasteiger partial charge >= 0.3 is 6.09 Å². The van der Waals surface area contributed by atoms with Crippen LogP contribution in [0.3, 0.4) is 0 Å². The van der Waals surface area contributed by atoms with Gasteiger partial charge in [-0.2, -0.15) is 0 Å². The maximum Gasteiger partial charge on any atom is 0.408 e. The highest BCUT2D eigenvalue weighted by Gasteiger charge is 2.32. The van der Waals surface area contributed by atoms with E-state index in [1.165, 1.54) is 6.42 Å². The van der Waals surface area contributed by atoms with Crippen molar-refractivity contribution in [1.82, 2.24) is 4.90 Å². The molecule has 2 rings (SSSR count). The van der Waals surface area contributed by atoms with Crippen molar-refractivity contribution in [3.8, 4) is 0 Å². The van der Waals surface area contributed by atoms with Gasteiger partial charge < -0.3 is 10.2 Å². The molecule has 0 aliphatic heterocycles. The van der Waals surface area contributed by atoms with Crippen molar-refractivity contribution in [2.24, 2.45) is 0 Å². The number of rotatable bonds is 6. The van der Waals surface area contributed by atoms with Crippen LogP contribution in [0.15, 0.2) is 24.3 Å². The molecule has 1 atom stereocenters. The SMILES string of the molecule is O=C(O)N(C1CCCCC1)[C@@H](CCCO)c1ccccc1I. The molecule has 0 saturated heterocycles. The number of nitrogens with zero attached hydrogens (tertiary/aromatic N) is 1. The summed E-state index contributed by atoms with van der Waals surface area (Å²) in [5.74, 6) is 0. The molecule has 1 fully saturated rings. The van der Waals surface area contributed by atoms with Gasteiger partial charge in [-0.15, -0.1) is 0 Å². The molecule has 0 heterocycles. The first-order valence-corrected chi connectivity index (χ1v) is 9.09. The molecule has 1 aliphatic carbocycles. The maximum absolute atomic E-state index is 11.9. The van der Waals surface area contributed by atoms with Crippen LogP contribution < -0.4 is 0 Å². The van der Waals surface area contributed by atoms with Crippen LogP contribution in [0, 0.1) is 3.57 Å². The van der Waals surface area contributed by atoms with Crippen LogP contribution in [-0.2, 0) is 0 Å². The average molecular weight is 417 g/mol. The number of halogens is 1.